The molecule has 0 aliphatic rings. The molecule has 0 unspecified atom stereocenters. The Hall–Kier alpha value is -1.09. The van der Waals surface area contributed by atoms with Crippen molar-refractivity contribution in [3.05, 3.63) is 28.1 Å². The first kappa shape index (κ1) is 10.4. The molecule has 0 amide bonds. The van der Waals surface area contributed by atoms with Crippen LogP contribution < -0.4 is 5.73 Å². The summed E-state index contributed by atoms with van der Waals surface area (Å²) < 4.78 is 2.19. The predicted molar refractivity (Wildman–Crippen MR) is 62.3 cm³/mol. The van der Waals surface area contributed by atoms with Gasteiger partial charge in [0, 0.05) is 35.0 Å². The van der Waals surface area contributed by atoms with Crippen LogP contribution in [0.25, 0.3) is 5.95 Å². The number of nitrogens with zero attached hydrogens (tertiary/aromatic N) is 5. The van der Waals surface area contributed by atoms with Gasteiger partial charge in [-0.15, -0.1) is 5.10 Å². The largest absolute Gasteiger partial charge is 0.322 e. The fourth-order valence-electron chi connectivity index (χ4n) is 1.14. The van der Waals surface area contributed by atoms with E-state index in [1.165, 1.54) is 0 Å². The molecule has 2 rings (SSSR count). The highest BCUT2D eigenvalue weighted by molar-refractivity contribution is 14.1. The van der Waals surface area contributed by atoms with Crippen molar-refractivity contribution in [1.29, 1.82) is 0 Å². The van der Waals surface area contributed by atoms with E-state index in [0.29, 0.717) is 15.6 Å². The monoisotopic (exact) mass is 316 g/mol. The molecule has 2 aromatic rings. The van der Waals surface area contributed by atoms with Crippen LogP contribution in [0.4, 0.5) is 0 Å². The Morgan fingerprint density at radius 3 is 2.67 bits per heavy atom. The molecule has 0 bridgehead atoms. The van der Waals surface area contributed by atoms with Gasteiger partial charge in [-0.2, -0.15) is 4.68 Å². The lowest BCUT2D eigenvalue weighted by Gasteiger charge is -2.05. The van der Waals surface area contributed by atoms with Crippen molar-refractivity contribution < 1.29 is 0 Å². The second-order valence-corrected chi connectivity index (χ2v) is 3.95. The van der Waals surface area contributed by atoms with E-state index < -0.39 is 0 Å². The highest BCUT2D eigenvalue weighted by Gasteiger charge is 2.14. The lowest BCUT2D eigenvalue weighted by molar-refractivity contribution is 0.668. The van der Waals surface area contributed by atoms with Crippen molar-refractivity contribution in [3.63, 3.8) is 0 Å². The third-order valence-electron chi connectivity index (χ3n) is 1.76. The maximum Gasteiger partial charge on any atom is 0.252 e. The van der Waals surface area contributed by atoms with E-state index in [4.69, 9.17) is 5.73 Å². The molecule has 2 heterocycles. The number of nitrogens with two attached hydrogens (primary N) is 1. The average Bonchev–Trinajstić information content (AvgIpc) is 2.62. The van der Waals surface area contributed by atoms with Gasteiger partial charge in [0.2, 0.25) is 3.83 Å². The first-order chi connectivity index (χ1) is 7.18. The summed E-state index contributed by atoms with van der Waals surface area (Å²) in [6.07, 6.45) is 3.31. The maximum absolute atomic E-state index is 5.78. The summed E-state index contributed by atoms with van der Waals surface area (Å²) in [6.45, 7) is 1.85. The summed E-state index contributed by atoms with van der Waals surface area (Å²) in [5, 5.41) is 4.19. The molecule has 0 fully saturated rings. The number of halogens is 1. The van der Waals surface area contributed by atoms with Crippen LogP contribution in [0.1, 0.15) is 18.8 Å². The molecule has 0 aliphatic carbocycles. The Morgan fingerprint density at radius 2 is 2.07 bits per heavy atom. The number of rotatable bonds is 2. The summed E-state index contributed by atoms with van der Waals surface area (Å²) in [4.78, 5) is 12.4. The van der Waals surface area contributed by atoms with Crippen LogP contribution in [0.3, 0.4) is 0 Å². The lowest BCUT2D eigenvalue weighted by Crippen LogP contribution is -2.14. The quantitative estimate of drug-likeness (QED) is 0.824. The SMILES string of the molecule is C[C@@H](N)c1nc(I)nn1-c1ncccn1. The molecule has 1 atom stereocenters. The summed E-state index contributed by atoms with van der Waals surface area (Å²) in [5.74, 6) is 1.14. The van der Waals surface area contributed by atoms with Crippen molar-refractivity contribution in [1.82, 2.24) is 24.7 Å². The molecule has 0 spiro atoms. The average molecular weight is 316 g/mol. The Balaban J connectivity index is 2.53. The standard InChI is InChI=1S/C8H9IN6/c1-5(10)6-13-7(9)14-15(6)8-11-3-2-4-12-8/h2-5H,10H2,1H3/t5-/m1/s1. The van der Waals surface area contributed by atoms with Crippen molar-refractivity contribution in [2.45, 2.75) is 13.0 Å². The van der Waals surface area contributed by atoms with Crippen LogP contribution in [0, 0.1) is 3.83 Å². The number of hydrogen-bond acceptors (Lipinski definition) is 5. The third-order valence-corrected chi connectivity index (χ3v) is 2.21. The lowest BCUT2D eigenvalue weighted by atomic mass is 10.3. The second kappa shape index (κ2) is 4.19. The van der Waals surface area contributed by atoms with E-state index in [0.717, 1.165) is 0 Å². The van der Waals surface area contributed by atoms with Crippen molar-refractivity contribution in [2.75, 3.05) is 0 Å². The Kier molecular flexibility index (Phi) is 2.91. The van der Waals surface area contributed by atoms with Gasteiger partial charge in [0.25, 0.3) is 5.95 Å². The predicted octanol–water partition coefficient (Wildman–Crippen LogP) is 0.682. The van der Waals surface area contributed by atoms with Gasteiger partial charge in [-0.1, -0.05) is 0 Å². The highest BCUT2D eigenvalue weighted by atomic mass is 127. The summed E-state index contributed by atoms with van der Waals surface area (Å²) >= 11 is 2.03. The van der Waals surface area contributed by atoms with Gasteiger partial charge in [-0.3, -0.25) is 0 Å². The van der Waals surface area contributed by atoms with Gasteiger partial charge < -0.3 is 5.73 Å². The minimum absolute atomic E-state index is 0.204. The fraction of sp³-hybridized carbons (Fsp3) is 0.250. The van der Waals surface area contributed by atoms with Gasteiger partial charge in [-0.05, 0) is 13.0 Å². The van der Waals surface area contributed by atoms with Crippen LogP contribution in [0.2, 0.25) is 0 Å². The van der Waals surface area contributed by atoms with Gasteiger partial charge >= 0.3 is 0 Å². The zero-order chi connectivity index (χ0) is 10.8. The van der Waals surface area contributed by atoms with Crippen LogP contribution >= 0.6 is 22.6 Å². The van der Waals surface area contributed by atoms with Gasteiger partial charge in [0.15, 0.2) is 5.82 Å². The Morgan fingerprint density at radius 1 is 1.40 bits per heavy atom. The first-order valence-electron chi connectivity index (χ1n) is 4.34. The molecule has 7 heteroatoms. The van der Waals surface area contributed by atoms with E-state index in [2.05, 4.69) is 20.1 Å². The molecule has 0 saturated heterocycles. The van der Waals surface area contributed by atoms with Gasteiger partial charge in [0.1, 0.15) is 0 Å². The molecule has 78 valence electrons. The zero-order valence-electron chi connectivity index (χ0n) is 8.00. The number of hydrogen-bond donors (Lipinski definition) is 1. The van der Waals surface area contributed by atoms with E-state index in [1.54, 1.807) is 23.1 Å². The topological polar surface area (TPSA) is 82.5 Å². The van der Waals surface area contributed by atoms with Crippen LogP contribution in [0.5, 0.6) is 0 Å². The van der Waals surface area contributed by atoms with E-state index in [1.807, 2.05) is 29.5 Å². The van der Waals surface area contributed by atoms with Crippen LogP contribution in [-0.4, -0.2) is 24.7 Å². The molecule has 0 aliphatic heterocycles. The van der Waals surface area contributed by atoms with E-state index >= 15 is 0 Å². The van der Waals surface area contributed by atoms with Crippen LogP contribution in [-0.2, 0) is 0 Å². The molecule has 0 saturated carbocycles. The molecule has 2 N–H and O–H groups in total. The zero-order valence-corrected chi connectivity index (χ0v) is 10.2. The van der Waals surface area contributed by atoms with Crippen LogP contribution in [0.15, 0.2) is 18.5 Å². The first-order valence-corrected chi connectivity index (χ1v) is 5.42. The molecule has 0 radical (unpaired) electrons. The molecule has 6 nitrogen and oxygen atoms in total. The molecular formula is C8H9IN6. The highest BCUT2D eigenvalue weighted by Crippen LogP contribution is 2.11. The Labute approximate surface area is 100 Å². The van der Waals surface area contributed by atoms with Gasteiger partial charge in [0.05, 0.1) is 6.04 Å². The smallest absolute Gasteiger partial charge is 0.252 e. The normalized spacial score (nSPS) is 12.7. The maximum atomic E-state index is 5.78. The summed E-state index contributed by atoms with van der Waals surface area (Å²) in [5.41, 5.74) is 5.78. The summed E-state index contributed by atoms with van der Waals surface area (Å²) in [7, 11) is 0. The Bertz CT molecular complexity index is 451. The van der Waals surface area contributed by atoms with Crippen molar-refractivity contribution >= 4 is 22.6 Å². The molecular weight excluding hydrogens is 307 g/mol. The van der Waals surface area contributed by atoms with Crippen molar-refractivity contribution in [2.24, 2.45) is 5.73 Å². The molecule has 0 aromatic carbocycles. The number of aromatic nitrogens is 5. The minimum atomic E-state index is -0.204. The fourth-order valence-corrected chi connectivity index (χ4v) is 1.60. The third kappa shape index (κ3) is 2.12. The van der Waals surface area contributed by atoms with E-state index in [9.17, 15) is 0 Å². The van der Waals surface area contributed by atoms with Crippen molar-refractivity contribution in [3.8, 4) is 5.95 Å². The van der Waals surface area contributed by atoms with Gasteiger partial charge in [-0.25, -0.2) is 15.0 Å². The molecule has 15 heavy (non-hydrogen) atoms. The minimum Gasteiger partial charge on any atom is -0.322 e. The van der Waals surface area contributed by atoms with E-state index in [-0.39, 0.29) is 6.04 Å². The second-order valence-electron chi connectivity index (χ2n) is 2.99. The summed E-state index contributed by atoms with van der Waals surface area (Å²) in [6, 6.07) is 1.54. The molecule has 2 aromatic heterocycles.